The van der Waals surface area contributed by atoms with Crippen LogP contribution in [-0.2, 0) is 19.4 Å². The summed E-state index contributed by atoms with van der Waals surface area (Å²) < 4.78 is 0. The quantitative estimate of drug-likeness (QED) is 0.376. The highest BCUT2D eigenvalue weighted by Crippen LogP contribution is 2.03. The van der Waals surface area contributed by atoms with Gasteiger partial charge in [-0.15, -0.1) is 0 Å². The van der Waals surface area contributed by atoms with E-state index in [4.69, 9.17) is 0 Å². The van der Waals surface area contributed by atoms with Crippen LogP contribution in [0, 0.1) is 0 Å². The van der Waals surface area contributed by atoms with Gasteiger partial charge in [-0.2, -0.15) is 0 Å². The Bertz CT molecular complexity index is 165. The summed E-state index contributed by atoms with van der Waals surface area (Å²) in [5, 5.41) is 0. The summed E-state index contributed by atoms with van der Waals surface area (Å²) >= 11 is 0. The molecule has 0 aromatic carbocycles. The first-order valence-electron chi connectivity index (χ1n) is 4.54. The minimum absolute atomic E-state index is 0.313. The third kappa shape index (κ3) is 8.85. The van der Waals surface area contributed by atoms with E-state index in [1.165, 1.54) is 6.92 Å². The Kier molecular flexibility index (Phi) is 6.96. The van der Waals surface area contributed by atoms with Gasteiger partial charge in [0.25, 0.3) is 0 Å². The standard InChI is InChI=1S/C9H16O4/c1-3-4-5-6-7-9(11)13-12-8(2)10/h3-7H2,1-2H3. The molecule has 0 saturated carbocycles. The van der Waals surface area contributed by atoms with Crippen molar-refractivity contribution in [2.24, 2.45) is 0 Å². The number of hydrogen-bond acceptors (Lipinski definition) is 4. The van der Waals surface area contributed by atoms with Crippen molar-refractivity contribution in [2.75, 3.05) is 0 Å². The van der Waals surface area contributed by atoms with Crippen LogP contribution >= 0.6 is 0 Å². The average molecular weight is 188 g/mol. The zero-order valence-corrected chi connectivity index (χ0v) is 8.17. The van der Waals surface area contributed by atoms with Gasteiger partial charge in [0, 0.05) is 6.92 Å². The van der Waals surface area contributed by atoms with Crippen LogP contribution in [0.2, 0.25) is 0 Å². The monoisotopic (exact) mass is 188 g/mol. The molecular weight excluding hydrogens is 172 g/mol. The highest BCUT2D eigenvalue weighted by atomic mass is 17.2. The third-order valence-corrected chi connectivity index (χ3v) is 1.49. The lowest BCUT2D eigenvalue weighted by Gasteiger charge is -2.00. The minimum Gasteiger partial charge on any atom is -0.248 e. The Morgan fingerprint density at radius 3 is 2.31 bits per heavy atom. The second-order valence-electron chi connectivity index (χ2n) is 2.84. The lowest BCUT2D eigenvalue weighted by Crippen LogP contribution is -2.08. The second kappa shape index (κ2) is 7.58. The fraction of sp³-hybridized carbons (Fsp3) is 0.778. The topological polar surface area (TPSA) is 52.6 Å². The summed E-state index contributed by atoms with van der Waals surface area (Å²) in [6, 6.07) is 0. The van der Waals surface area contributed by atoms with Crippen molar-refractivity contribution < 1.29 is 19.4 Å². The molecule has 0 aliphatic heterocycles. The highest BCUT2D eigenvalue weighted by molar-refractivity contribution is 5.71. The molecule has 0 radical (unpaired) electrons. The second-order valence-corrected chi connectivity index (χ2v) is 2.84. The molecule has 0 aliphatic carbocycles. The molecule has 0 rings (SSSR count). The van der Waals surface area contributed by atoms with Gasteiger partial charge in [-0.25, -0.2) is 19.4 Å². The van der Waals surface area contributed by atoms with E-state index in [2.05, 4.69) is 16.7 Å². The van der Waals surface area contributed by atoms with Crippen LogP contribution in [0.3, 0.4) is 0 Å². The zero-order valence-electron chi connectivity index (χ0n) is 8.17. The summed E-state index contributed by atoms with van der Waals surface area (Å²) in [5.41, 5.74) is 0. The molecule has 0 spiro atoms. The summed E-state index contributed by atoms with van der Waals surface area (Å²) in [5.74, 6) is -1.09. The lowest BCUT2D eigenvalue weighted by atomic mass is 10.2. The Labute approximate surface area is 78.1 Å². The number of carbonyl (C=O) groups excluding carboxylic acids is 2. The summed E-state index contributed by atoms with van der Waals surface area (Å²) in [6.07, 6.45) is 4.34. The van der Waals surface area contributed by atoms with Crippen molar-refractivity contribution in [2.45, 2.75) is 46.0 Å². The summed E-state index contributed by atoms with van der Waals surface area (Å²) in [4.78, 5) is 29.3. The van der Waals surface area contributed by atoms with E-state index in [9.17, 15) is 9.59 Å². The predicted octanol–water partition coefficient (Wildman–Crippen LogP) is 1.98. The molecule has 0 atom stereocenters. The molecule has 0 aromatic rings. The van der Waals surface area contributed by atoms with Crippen LogP contribution in [0.4, 0.5) is 0 Å². The molecule has 13 heavy (non-hydrogen) atoms. The van der Waals surface area contributed by atoms with Gasteiger partial charge in [0.1, 0.15) is 0 Å². The van der Waals surface area contributed by atoms with Gasteiger partial charge in [-0.1, -0.05) is 26.2 Å². The van der Waals surface area contributed by atoms with Crippen LogP contribution in [0.15, 0.2) is 0 Å². The van der Waals surface area contributed by atoms with Gasteiger partial charge in [0.2, 0.25) is 0 Å². The van der Waals surface area contributed by atoms with Gasteiger partial charge in [0.15, 0.2) is 0 Å². The fourth-order valence-electron chi connectivity index (χ4n) is 0.843. The van der Waals surface area contributed by atoms with E-state index in [0.29, 0.717) is 6.42 Å². The smallest absolute Gasteiger partial charge is 0.248 e. The van der Waals surface area contributed by atoms with Crippen molar-refractivity contribution in [3.05, 3.63) is 0 Å². The maximum absolute atomic E-state index is 10.8. The largest absolute Gasteiger partial charge is 0.355 e. The van der Waals surface area contributed by atoms with Crippen LogP contribution < -0.4 is 0 Å². The van der Waals surface area contributed by atoms with E-state index < -0.39 is 11.9 Å². The molecular formula is C9H16O4. The Morgan fingerprint density at radius 1 is 1.08 bits per heavy atom. The fourth-order valence-corrected chi connectivity index (χ4v) is 0.843. The van der Waals surface area contributed by atoms with Gasteiger partial charge in [-0.05, 0) is 6.42 Å². The van der Waals surface area contributed by atoms with Gasteiger partial charge < -0.3 is 0 Å². The molecule has 0 fully saturated rings. The molecule has 0 saturated heterocycles. The highest BCUT2D eigenvalue weighted by Gasteiger charge is 2.05. The van der Waals surface area contributed by atoms with Gasteiger partial charge >= 0.3 is 11.9 Å². The molecule has 0 aromatic heterocycles. The van der Waals surface area contributed by atoms with E-state index in [-0.39, 0.29) is 0 Å². The number of hydrogen-bond donors (Lipinski definition) is 0. The summed E-state index contributed by atoms with van der Waals surface area (Å²) in [6.45, 7) is 3.28. The molecule has 4 heteroatoms. The number of rotatable bonds is 5. The SMILES string of the molecule is CCCCCCC(=O)OOC(C)=O. The minimum atomic E-state index is -0.609. The average Bonchev–Trinajstić information content (AvgIpc) is 2.09. The van der Waals surface area contributed by atoms with Crippen LogP contribution in [-0.4, -0.2) is 11.9 Å². The van der Waals surface area contributed by atoms with Crippen molar-refractivity contribution in [1.82, 2.24) is 0 Å². The van der Waals surface area contributed by atoms with E-state index in [0.717, 1.165) is 25.7 Å². The van der Waals surface area contributed by atoms with Crippen LogP contribution in [0.1, 0.15) is 46.0 Å². The first-order chi connectivity index (χ1) is 6.16. The van der Waals surface area contributed by atoms with E-state index >= 15 is 0 Å². The van der Waals surface area contributed by atoms with Crippen molar-refractivity contribution in [3.8, 4) is 0 Å². The predicted molar refractivity (Wildman–Crippen MR) is 46.6 cm³/mol. The molecule has 0 bridgehead atoms. The Balaban J connectivity index is 3.25. The van der Waals surface area contributed by atoms with Crippen LogP contribution in [0.5, 0.6) is 0 Å². The molecule has 76 valence electrons. The van der Waals surface area contributed by atoms with Crippen molar-refractivity contribution in [3.63, 3.8) is 0 Å². The first-order valence-corrected chi connectivity index (χ1v) is 4.54. The normalized spacial score (nSPS) is 9.38. The molecule has 0 unspecified atom stereocenters. The maximum atomic E-state index is 10.8. The van der Waals surface area contributed by atoms with Gasteiger partial charge in [0.05, 0.1) is 6.42 Å². The third-order valence-electron chi connectivity index (χ3n) is 1.49. The van der Waals surface area contributed by atoms with Gasteiger partial charge in [-0.3, -0.25) is 0 Å². The van der Waals surface area contributed by atoms with Crippen molar-refractivity contribution in [1.29, 1.82) is 0 Å². The number of unbranched alkanes of at least 4 members (excludes halogenated alkanes) is 3. The zero-order chi connectivity index (χ0) is 10.1. The molecule has 0 N–H and O–H groups in total. The Morgan fingerprint density at radius 2 is 1.77 bits per heavy atom. The van der Waals surface area contributed by atoms with E-state index in [1.54, 1.807) is 0 Å². The molecule has 0 heterocycles. The summed E-state index contributed by atoms with van der Waals surface area (Å²) in [7, 11) is 0. The molecule has 4 nitrogen and oxygen atoms in total. The van der Waals surface area contributed by atoms with E-state index in [1.807, 2.05) is 0 Å². The maximum Gasteiger partial charge on any atom is 0.355 e. The molecule has 0 aliphatic rings. The number of carbonyl (C=O) groups is 2. The first kappa shape index (κ1) is 11.9. The van der Waals surface area contributed by atoms with Crippen molar-refractivity contribution >= 4 is 11.9 Å². The Hall–Kier alpha value is -1.06. The lowest BCUT2D eigenvalue weighted by molar-refractivity contribution is -0.257. The molecule has 0 amide bonds. The van der Waals surface area contributed by atoms with Crippen LogP contribution in [0.25, 0.3) is 0 Å².